The number of anilines is 2. The fraction of sp³-hybridized carbons (Fsp3) is 0.281. The van der Waals surface area contributed by atoms with Gasteiger partial charge in [0, 0.05) is 24.2 Å². The number of pyridine rings is 3. The molecule has 0 aliphatic carbocycles. The van der Waals surface area contributed by atoms with Crippen molar-refractivity contribution >= 4 is 34.2 Å². The van der Waals surface area contributed by atoms with E-state index < -0.39 is 46.1 Å². The zero-order valence-corrected chi connectivity index (χ0v) is 24.6. The van der Waals surface area contributed by atoms with E-state index in [1.165, 1.54) is 27.7 Å². The molecule has 6 rings (SSSR count). The molecule has 5 heterocycles. The van der Waals surface area contributed by atoms with Crippen molar-refractivity contribution < 1.29 is 23.5 Å². The van der Waals surface area contributed by atoms with Gasteiger partial charge in [0.05, 0.1) is 29.2 Å². The molecular formula is C32H30F2N6O4. The van der Waals surface area contributed by atoms with E-state index in [4.69, 9.17) is 0 Å². The van der Waals surface area contributed by atoms with E-state index >= 15 is 8.78 Å². The van der Waals surface area contributed by atoms with E-state index in [0.29, 0.717) is 16.9 Å². The summed E-state index contributed by atoms with van der Waals surface area (Å²) in [5.74, 6) is -3.35. The maximum Gasteiger partial charge on any atom is 0.282 e. The lowest BCUT2D eigenvalue weighted by atomic mass is 9.98. The molecule has 44 heavy (non-hydrogen) atoms. The summed E-state index contributed by atoms with van der Waals surface area (Å²) in [6.07, 6.45) is 2.80. The van der Waals surface area contributed by atoms with Crippen LogP contribution in [0.25, 0.3) is 28.0 Å². The fourth-order valence-electron chi connectivity index (χ4n) is 6.17. The Hall–Kier alpha value is -5.13. The molecule has 0 bridgehead atoms. The third-order valence-electron chi connectivity index (χ3n) is 8.26. The lowest BCUT2D eigenvalue weighted by molar-refractivity contribution is -0.130. The third-order valence-corrected chi connectivity index (χ3v) is 8.26. The topological polar surface area (TPSA) is 121 Å². The van der Waals surface area contributed by atoms with E-state index in [0.717, 1.165) is 12.1 Å². The number of aromatic hydroxyl groups is 1. The molecule has 12 heteroatoms. The van der Waals surface area contributed by atoms with Gasteiger partial charge in [0.1, 0.15) is 29.0 Å². The van der Waals surface area contributed by atoms with Crippen LogP contribution in [0, 0.1) is 18.6 Å². The molecule has 2 atom stereocenters. The molecule has 226 valence electrons. The van der Waals surface area contributed by atoms with E-state index in [1.807, 2.05) is 13.8 Å². The van der Waals surface area contributed by atoms with Crippen LogP contribution in [-0.4, -0.2) is 61.5 Å². The highest BCUT2D eigenvalue weighted by atomic mass is 19.1. The highest BCUT2D eigenvalue weighted by Crippen LogP contribution is 2.42. The first-order valence-corrected chi connectivity index (χ1v) is 14.2. The highest BCUT2D eigenvalue weighted by Gasteiger charge is 2.44. The maximum atomic E-state index is 16.0. The average molecular weight is 601 g/mol. The molecule has 4 aromatic rings. The number of hydrogen-bond acceptors (Lipinski definition) is 7. The Morgan fingerprint density at radius 3 is 2.59 bits per heavy atom. The van der Waals surface area contributed by atoms with Crippen molar-refractivity contribution in [3.63, 3.8) is 0 Å². The van der Waals surface area contributed by atoms with Crippen LogP contribution in [0.1, 0.15) is 37.9 Å². The van der Waals surface area contributed by atoms with E-state index in [2.05, 4.69) is 21.9 Å². The molecule has 0 spiro atoms. The molecule has 2 aliphatic heterocycles. The monoisotopic (exact) mass is 600 g/mol. The lowest BCUT2D eigenvalue weighted by Crippen LogP contribution is -2.64. The minimum Gasteiger partial charge on any atom is -0.507 e. The molecule has 2 aliphatic rings. The van der Waals surface area contributed by atoms with Gasteiger partial charge in [-0.25, -0.2) is 13.8 Å². The van der Waals surface area contributed by atoms with Gasteiger partial charge < -0.3 is 20.2 Å². The van der Waals surface area contributed by atoms with Crippen molar-refractivity contribution in [2.45, 2.75) is 45.7 Å². The Kier molecular flexibility index (Phi) is 6.94. The van der Waals surface area contributed by atoms with Gasteiger partial charge in [0.25, 0.3) is 5.56 Å². The zero-order valence-electron chi connectivity index (χ0n) is 24.6. The van der Waals surface area contributed by atoms with Crippen molar-refractivity contribution in [3.8, 4) is 22.7 Å². The molecule has 1 saturated heterocycles. The van der Waals surface area contributed by atoms with Crippen LogP contribution < -0.4 is 15.8 Å². The Labute approximate surface area is 251 Å². The molecule has 2 N–H and O–H groups in total. The second-order valence-corrected chi connectivity index (χ2v) is 11.4. The minimum atomic E-state index is -0.945. The number of benzene rings is 1. The maximum absolute atomic E-state index is 16.0. The van der Waals surface area contributed by atoms with Crippen LogP contribution in [0.5, 0.6) is 5.75 Å². The van der Waals surface area contributed by atoms with Crippen LogP contribution in [0.2, 0.25) is 0 Å². The summed E-state index contributed by atoms with van der Waals surface area (Å²) >= 11 is 0. The number of nitrogens with zero attached hydrogens (tertiary/aromatic N) is 5. The summed E-state index contributed by atoms with van der Waals surface area (Å²) in [7, 11) is 0. The van der Waals surface area contributed by atoms with Crippen molar-refractivity contribution in [3.05, 3.63) is 82.4 Å². The van der Waals surface area contributed by atoms with Gasteiger partial charge in [-0.2, -0.15) is 0 Å². The second-order valence-electron chi connectivity index (χ2n) is 11.4. The minimum absolute atomic E-state index is 0.0121. The van der Waals surface area contributed by atoms with Gasteiger partial charge in [-0.1, -0.05) is 26.5 Å². The molecule has 3 aromatic heterocycles. The Morgan fingerprint density at radius 1 is 1.16 bits per heavy atom. The Bertz CT molecular complexity index is 1940. The molecule has 10 nitrogen and oxygen atoms in total. The number of carbonyl (C=O) groups excluding carboxylic acids is 2. The number of hydrogen-bond donors (Lipinski definition) is 2. The molecule has 1 aromatic carbocycles. The van der Waals surface area contributed by atoms with E-state index in [1.54, 1.807) is 31.0 Å². The van der Waals surface area contributed by atoms with Crippen LogP contribution in [-0.2, 0) is 9.59 Å². The van der Waals surface area contributed by atoms with Gasteiger partial charge >= 0.3 is 0 Å². The van der Waals surface area contributed by atoms with Crippen molar-refractivity contribution in [1.82, 2.24) is 19.4 Å². The number of piperazine rings is 1. The molecule has 0 radical (unpaired) electrons. The number of phenols is 1. The first kappa shape index (κ1) is 29.0. The van der Waals surface area contributed by atoms with Crippen molar-refractivity contribution in [2.24, 2.45) is 0 Å². The fourth-order valence-corrected chi connectivity index (χ4v) is 6.17. The quantitative estimate of drug-likeness (QED) is 0.333. The largest absolute Gasteiger partial charge is 0.507 e. The molecule has 2 unspecified atom stereocenters. The van der Waals surface area contributed by atoms with E-state index in [-0.39, 0.29) is 53.4 Å². The Morgan fingerprint density at radius 2 is 1.91 bits per heavy atom. The summed E-state index contributed by atoms with van der Waals surface area (Å²) in [4.78, 5) is 52.8. The number of phenolic OH excluding ortho intramolecular Hbond substituents is 1. The second kappa shape index (κ2) is 10.5. The molecule has 0 saturated carbocycles. The first-order chi connectivity index (χ1) is 20.9. The lowest BCUT2D eigenvalue weighted by Gasteiger charge is -2.48. The van der Waals surface area contributed by atoms with Crippen molar-refractivity contribution in [1.29, 1.82) is 0 Å². The van der Waals surface area contributed by atoms with Crippen LogP contribution in [0.15, 0.2) is 54.0 Å². The third kappa shape index (κ3) is 4.31. The van der Waals surface area contributed by atoms with Gasteiger partial charge in [0.15, 0.2) is 11.5 Å². The normalized spacial score (nSPS) is 17.8. The molecule has 2 amide bonds. The SMILES string of the molecule is C=CC(=O)N1CC2C(=O)Nc3c(c4cc(F)c(-c5c(O)cccc5F)nc4n(-c4c(C)ccnc4C(C)C)c3=O)N2CC1C. The number of halogens is 2. The van der Waals surface area contributed by atoms with Gasteiger partial charge in [0.2, 0.25) is 11.8 Å². The van der Waals surface area contributed by atoms with Crippen LogP contribution >= 0.6 is 0 Å². The van der Waals surface area contributed by atoms with E-state index in [9.17, 15) is 19.5 Å². The van der Waals surface area contributed by atoms with Crippen LogP contribution in [0.3, 0.4) is 0 Å². The number of aromatic nitrogens is 3. The molecular weight excluding hydrogens is 570 g/mol. The standard InChI is InChI=1S/C32H30F2N6O4/c1-6-23(42)38-14-21-31(43)37-27-29(39(21)13-17(38)5)18-12-20(34)26(24-19(33)8-7-9-22(24)41)36-30(18)40(32(27)44)28-16(4)10-11-35-25(28)15(2)3/h6-12,15,17,21,41H,1,13-14H2,2-5H3,(H,37,43). The molecule has 1 fully saturated rings. The predicted molar refractivity (Wildman–Crippen MR) is 162 cm³/mol. The summed E-state index contributed by atoms with van der Waals surface area (Å²) in [6.45, 7) is 11.1. The summed E-state index contributed by atoms with van der Waals surface area (Å²) in [5.41, 5.74) is 0.192. The summed E-state index contributed by atoms with van der Waals surface area (Å²) in [5, 5.41) is 13.4. The van der Waals surface area contributed by atoms with Crippen molar-refractivity contribution in [2.75, 3.05) is 23.3 Å². The van der Waals surface area contributed by atoms with Gasteiger partial charge in [-0.05, 0) is 55.7 Å². The zero-order chi connectivity index (χ0) is 31.6. The summed E-state index contributed by atoms with van der Waals surface area (Å²) < 4.78 is 32.3. The predicted octanol–water partition coefficient (Wildman–Crippen LogP) is 4.41. The number of carbonyl (C=O) groups is 2. The number of amides is 2. The number of fused-ring (bicyclic) bond motifs is 5. The smallest absolute Gasteiger partial charge is 0.282 e. The highest BCUT2D eigenvalue weighted by molar-refractivity contribution is 6.11. The van der Waals surface area contributed by atoms with Crippen LogP contribution in [0.4, 0.5) is 20.2 Å². The van der Waals surface area contributed by atoms with Gasteiger partial charge in [-0.3, -0.25) is 23.9 Å². The summed E-state index contributed by atoms with van der Waals surface area (Å²) in [6, 6.07) is 5.18. The first-order valence-electron chi connectivity index (χ1n) is 14.2. The number of nitrogens with one attached hydrogen (secondary N) is 1. The van der Waals surface area contributed by atoms with Gasteiger partial charge in [-0.15, -0.1) is 0 Å². The average Bonchev–Trinajstić information content (AvgIpc) is 2.97. The number of aryl methyl sites for hydroxylation is 1. The number of rotatable bonds is 4. The Balaban J connectivity index is 1.73.